The maximum absolute atomic E-state index is 12.6. The van der Waals surface area contributed by atoms with Gasteiger partial charge in [0.15, 0.2) is 23.1 Å². The van der Waals surface area contributed by atoms with Gasteiger partial charge in [0, 0.05) is 21.6 Å². The maximum Gasteiger partial charge on any atom is 0.198 e. The van der Waals surface area contributed by atoms with E-state index in [1.54, 1.807) is 12.1 Å². The van der Waals surface area contributed by atoms with Crippen LogP contribution in [0.2, 0.25) is 0 Å². The summed E-state index contributed by atoms with van der Waals surface area (Å²) < 4.78 is 5.99. The van der Waals surface area contributed by atoms with Crippen molar-refractivity contribution in [3.05, 3.63) is 52.6 Å². The Labute approximate surface area is 139 Å². The van der Waals surface area contributed by atoms with E-state index in [-0.39, 0.29) is 33.8 Å². The number of hydrogen-bond acceptors (Lipinski definition) is 5. The van der Waals surface area contributed by atoms with Gasteiger partial charge in [0.05, 0.1) is 17.7 Å². The van der Waals surface area contributed by atoms with Crippen molar-refractivity contribution < 1.29 is 24.5 Å². The average molecular weight is 410 g/mol. The molecule has 0 radical (unpaired) electrons. The van der Waals surface area contributed by atoms with E-state index in [1.807, 2.05) is 0 Å². The lowest BCUT2D eigenvalue weighted by molar-refractivity contribution is 0.0973. The first-order valence-electron chi connectivity index (χ1n) is 6.52. The van der Waals surface area contributed by atoms with Crippen LogP contribution < -0.4 is 4.74 Å². The van der Waals surface area contributed by atoms with Gasteiger partial charge < -0.3 is 14.9 Å². The number of halogens is 1. The lowest BCUT2D eigenvalue weighted by Crippen LogP contribution is -2.21. The molecule has 0 aromatic heterocycles. The van der Waals surface area contributed by atoms with Crippen LogP contribution >= 0.6 is 22.6 Å². The Morgan fingerprint density at radius 2 is 1.59 bits per heavy atom. The van der Waals surface area contributed by atoms with Crippen LogP contribution in [0.15, 0.2) is 30.3 Å². The molecule has 5 nitrogen and oxygen atoms in total. The Bertz CT molecular complexity index is 797. The van der Waals surface area contributed by atoms with Crippen LogP contribution in [0.3, 0.4) is 0 Å². The monoisotopic (exact) mass is 410 g/mol. The number of alkyl halides is 1. The molecule has 6 heteroatoms. The molecule has 0 saturated carbocycles. The molecule has 2 aromatic rings. The Balaban J connectivity index is 2.24. The molecule has 0 saturated heterocycles. The van der Waals surface area contributed by atoms with Crippen LogP contribution in [0.1, 0.15) is 31.8 Å². The second kappa shape index (κ2) is 5.60. The largest absolute Gasteiger partial charge is 0.507 e. The van der Waals surface area contributed by atoms with Gasteiger partial charge in [-0.05, 0) is 0 Å². The van der Waals surface area contributed by atoms with Crippen molar-refractivity contribution in [3.8, 4) is 17.2 Å². The quantitative estimate of drug-likeness (QED) is 0.394. The first-order valence-corrected chi connectivity index (χ1v) is 8.05. The van der Waals surface area contributed by atoms with Gasteiger partial charge in [0.1, 0.15) is 5.75 Å². The molecule has 0 unspecified atom stereocenters. The van der Waals surface area contributed by atoms with E-state index < -0.39 is 17.3 Å². The number of hydrogen-bond donors (Lipinski definition) is 2. The minimum absolute atomic E-state index is 0.00607. The normalized spacial score (nSPS) is 12.8. The zero-order valence-electron chi connectivity index (χ0n) is 11.3. The summed E-state index contributed by atoms with van der Waals surface area (Å²) >= 11 is 2.10. The molecular formula is C16H11IO5. The second-order valence-electron chi connectivity index (χ2n) is 4.73. The van der Waals surface area contributed by atoms with Gasteiger partial charge in [-0.2, -0.15) is 0 Å². The Morgan fingerprint density at radius 3 is 2.18 bits per heavy atom. The molecule has 1 aliphatic rings. The van der Waals surface area contributed by atoms with Gasteiger partial charge in [-0.15, -0.1) is 0 Å². The van der Waals surface area contributed by atoms with E-state index in [4.69, 9.17) is 4.74 Å². The van der Waals surface area contributed by atoms with Crippen molar-refractivity contribution in [2.75, 3.05) is 11.0 Å². The van der Waals surface area contributed by atoms with Gasteiger partial charge in [0.25, 0.3) is 0 Å². The molecule has 1 aliphatic carbocycles. The van der Waals surface area contributed by atoms with E-state index in [0.717, 1.165) is 0 Å². The van der Waals surface area contributed by atoms with E-state index in [9.17, 15) is 19.8 Å². The average Bonchev–Trinajstić information content (AvgIpc) is 2.53. The summed E-state index contributed by atoms with van der Waals surface area (Å²) in [6.07, 6.45) is 0. The maximum atomic E-state index is 12.6. The molecule has 0 fully saturated rings. The fourth-order valence-corrected chi connectivity index (χ4v) is 2.71. The highest BCUT2D eigenvalue weighted by Crippen LogP contribution is 2.43. The minimum atomic E-state index is -0.502. The zero-order chi connectivity index (χ0) is 15.9. The lowest BCUT2D eigenvalue weighted by atomic mass is 9.83. The predicted octanol–water partition coefficient (Wildman–Crippen LogP) is 2.69. The second-order valence-corrected chi connectivity index (χ2v) is 5.81. The summed E-state index contributed by atoms with van der Waals surface area (Å²) in [7, 11) is 0. The van der Waals surface area contributed by atoms with Crippen molar-refractivity contribution >= 4 is 34.2 Å². The van der Waals surface area contributed by atoms with E-state index >= 15 is 0 Å². The van der Waals surface area contributed by atoms with Crippen molar-refractivity contribution in [1.29, 1.82) is 0 Å². The minimum Gasteiger partial charge on any atom is -0.507 e. The molecule has 2 aromatic carbocycles. The Hall–Kier alpha value is -2.09. The molecule has 0 heterocycles. The van der Waals surface area contributed by atoms with E-state index in [2.05, 4.69) is 22.6 Å². The van der Waals surface area contributed by atoms with Gasteiger partial charge in [-0.3, -0.25) is 9.59 Å². The van der Waals surface area contributed by atoms with Gasteiger partial charge >= 0.3 is 0 Å². The summed E-state index contributed by atoms with van der Waals surface area (Å²) in [6.45, 7) is 0.311. The Kier molecular flexibility index (Phi) is 3.78. The van der Waals surface area contributed by atoms with E-state index in [0.29, 0.717) is 11.0 Å². The Morgan fingerprint density at radius 1 is 1.00 bits per heavy atom. The van der Waals surface area contributed by atoms with Crippen LogP contribution in [-0.2, 0) is 0 Å². The molecule has 2 N–H and O–H groups in total. The number of aromatic hydroxyl groups is 2. The van der Waals surface area contributed by atoms with Gasteiger partial charge in [-0.1, -0.05) is 46.9 Å². The number of carbonyl (C=O) groups excluding carboxylic acids is 2. The highest BCUT2D eigenvalue weighted by atomic mass is 127. The van der Waals surface area contributed by atoms with E-state index in [1.165, 1.54) is 18.2 Å². The molecular weight excluding hydrogens is 399 g/mol. The van der Waals surface area contributed by atoms with Crippen LogP contribution in [0.25, 0.3) is 0 Å². The summed E-state index contributed by atoms with van der Waals surface area (Å²) in [5, 5.41) is 20.4. The SMILES string of the molecule is O=C1c2ccccc2C(=O)c2c(O)c(OCCI)cc(O)c21. The van der Waals surface area contributed by atoms with Crippen molar-refractivity contribution in [1.82, 2.24) is 0 Å². The summed E-state index contributed by atoms with van der Waals surface area (Å²) in [5.74, 6) is -1.78. The number of carbonyl (C=O) groups is 2. The third-order valence-electron chi connectivity index (χ3n) is 3.45. The summed E-state index contributed by atoms with van der Waals surface area (Å²) in [4.78, 5) is 25.1. The molecule has 0 atom stereocenters. The molecule has 3 rings (SSSR count). The van der Waals surface area contributed by atoms with Crippen LogP contribution in [0.4, 0.5) is 0 Å². The highest BCUT2D eigenvalue weighted by molar-refractivity contribution is 14.1. The third kappa shape index (κ3) is 2.14. The van der Waals surface area contributed by atoms with Gasteiger partial charge in [-0.25, -0.2) is 0 Å². The number of benzene rings is 2. The van der Waals surface area contributed by atoms with Crippen LogP contribution in [0, 0.1) is 0 Å². The highest BCUT2D eigenvalue weighted by Gasteiger charge is 2.35. The fraction of sp³-hybridized carbons (Fsp3) is 0.125. The molecule has 0 bridgehead atoms. The standard InChI is InChI=1S/C16H11IO5/c17-5-6-22-11-7-10(18)12-13(16(11)21)15(20)9-4-2-1-3-8(9)14(12)19/h1-4,7,18,21H,5-6H2. The predicted molar refractivity (Wildman–Crippen MR) is 87.5 cm³/mol. The molecule has 112 valence electrons. The first kappa shape index (κ1) is 14.8. The number of phenols is 2. The number of ether oxygens (including phenoxy) is 1. The number of phenolic OH excluding ortho intramolecular Hbond substituents is 2. The first-order chi connectivity index (χ1) is 10.6. The fourth-order valence-electron chi connectivity index (χ4n) is 2.49. The van der Waals surface area contributed by atoms with Crippen molar-refractivity contribution in [2.24, 2.45) is 0 Å². The molecule has 0 aliphatic heterocycles. The topological polar surface area (TPSA) is 83.8 Å². The van der Waals surface area contributed by atoms with Crippen LogP contribution in [-0.4, -0.2) is 32.8 Å². The summed E-state index contributed by atoms with van der Waals surface area (Å²) in [6, 6.07) is 7.49. The zero-order valence-corrected chi connectivity index (χ0v) is 13.5. The number of rotatable bonds is 3. The molecule has 0 spiro atoms. The summed E-state index contributed by atoms with van der Waals surface area (Å²) in [5.41, 5.74) is 0.0477. The molecule has 22 heavy (non-hydrogen) atoms. The van der Waals surface area contributed by atoms with Crippen LogP contribution in [0.5, 0.6) is 17.2 Å². The smallest absolute Gasteiger partial charge is 0.198 e. The van der Waals surface area contributed by atoms with Gasteiger partial charge in [0.2, 0.25) is 0 Å². The van der Waals surface area contributed by atoms with Crippen molar-refractivity contribution in [2.45, 2.75) is 0 Å². The molecule has 0 amide bonds. The van der Waals surface area contributed by atoms with Crippen molar-refractivity contribution in [3.63, 3.8) is 0 Å². The number of fused-ring (bicyclic) bond motifs is 2. The third-order valence-corrected chi connectivity index (χ3v) is 3.89. The lowest BCUT2D eigenvalue weighted by Gasteiger charge is -2.20. The number of ketones is 2.